The van der Waals surface area contributed by atoms with E-state index in [0.29, 0.717) is 110 Å². The van der Waals surface area contributed by atoms with Crippen LogP contribution in [0, 0.1) is 0 Å². The average Bonchev–Trinajstić information content (AvgIpc) is 0.720. The van der Waals surface area contributed by atoms with Crippen LogP contribution in [0.1, 0.15) is 420 Å². The van der Waals surface area contributed by atoms with Crippen LogP contribution >= 0.6 is 127 Å². The topological polar surface area (TPSA) is 148 Å². The lowest BCUT2D eigenvalue weighted by atomic mass is 9.75. The molecule has 4 atom stereocenters. The molecule has 0 amide bonds. The molecule has 0 radical (unpaired) electrons. The van der Waals surface area contributed by atoms with E-state index in [-0.39, 0.29) is 89.9 Å². The number of hydrogen-bond acceptors (Lipinski definition) is 16. The molecule has 8 heterocycles. The number of halogens is 8. The first kappa shape index (κ1) is 102. The molecule has 754 valence electrons. The van der Waals surface area contributed by atoms with E-state index in [9.17, 15) is 0 Å². The molecule has 24 heteroatoms. The van der Waals surface area contributed by atoms with Crippen LogP contribution in [0.3, 0.4) is 0 Å². The highest BCUT2D eigenvalue weighted by Gasteiger charge is 2.46. The van der Waals surface area contributed by atoms with Gasteiger partial charge in [0.2, 0.25) is 54.3 Å². The summed E-state index contributed by atoms with van der Waals surface area (Å²) in [5, 5.41) is 0. The van der Waals surface area contributed by atoms with Crippen molar-refractivity contribution in [1.29, 1.82) is 0 Å². The van der Waals surface area contributed by atoms with Crippen molar-refractivity contribution in [2.45, 2.75) is 320 Å². The van der Waals surface area contributed by atoms with Crippen molar-refractivity contribution >= 4 is 127 Å². The second-order valence-corrected chi connectivity index (χ2v) is 46.5. The maximum Gasteiger partial charge on any atom is 0.231 e. The van der Waals surface area contributed by atoms with Crippen molar-refractivity contribution < 1.29 is 75.8 Å². The van der Waals surface area contributed by atoms with Crippen molar-refractivity contribution in [3.05, 3.63) is 233 Å². The van der Waals surface area contributed by atoms with Gasteiger partial charge in [-0.25, -0.2) is 0 Å². The van der Waals surface area contributed by atoms with Crippen molar-refractivity contribution in [1.82, 2.24) is 0 Å². The molecule has 10 aliphatic rings. The molecule has 2 aliphatic carbocycles. The predicted octanol–water partition coefficient (Wildman–Crippen LogP) is 37.2. The summed E-state index contributed by atoms with van der Waals surface area (Å²) < 4.78 is 119. The van der Waals surface area contributed by atoms with Crippen LogP contribution < -0.4 is 75.8 Å². The number of ether oxygens (including phenoxy) is 16. The van der Waals surface area contributed by atoms with Gasteiger partial charge in [-0.05, 0) is 237 Å². The monoisotopic (exact) mass is 2430 g/mol. The highest BCUT2D eigenvalue weighted by atomic mass is 79.9. The summed E-state index contributed by atoms with van der Waals surface area (Å²) in [5.74, 6) is 8.61. The van der Waals surface area contributed by atoms with E-state index in [2.05, 4.69) is 266 Å². The lowest BCUT2D eigenvalue weighted by molar-refractivity contribution is 0.0947. The Balaban J connectivity index is 0.784. The molecule has 0 saturated carbocycles. The van der Waals surface area contributed by atoms with Crippen molar-refractivity contribution in [2.75, 3.05) is 54.3 Å². The number of hydrogen-bond donors (Lipinski definition) is 0. The van der Waals surface area contributed by atoms with E-state index < -0.39 is 11.8 Å². The van der Waals surface area contributed by atoms with Gasteiger partial charge in [-0.1, -0.05) is 283 Å². The van der Waals surface area contributed by atoms with E-state index >= 15 is 0 Å². The minimum atomic E-state index is -0.518. The molecule has 4 unspecified atom stereocenters. The molecule has 0 aromatic heterocycles. The minimum absolute atomic E-state index is 0.0499. The Labute approximate surface area is 905 Å². The molecule has 0 saturated heterocycles. The number of unbranched alkanes of at least 4 members (excludes halogenated alkanes) is 24. The maximum atomic E-state index is 7.19. The lowest BCUT2D eigenvalue weighted by Crippen LogP contribution is -2.23. The molecule has 8 aliphatic heterocycles. The Morgan fingerprint density at radius 1 is 0.169 bits per heavy atom. The van der Waals surface area contributed by atoms with Gasteiger partial charge in [-0.15, -0.1) is 0 Å². The van der Waals surface area contributed by atoms with E-state index in [1.807, 2.05) is 0 Å². The Bertz CT molecular complexity index is 5580. The van der Waals surface area contributed by atoms with Gasteiger partial charge in [-0.3, -0.25) is 0 Å². The zero-order valence-electron chi connectivity index (χ0n) is 82.5. The molecule has 10 aromatic carbocycles. The summed E-state index contributed by atoms with van der Waals surface area (Å²) in [6.45, 7) is 13.0. The molecule has 142 heavy (non-hydrogen) atoms. The zero-order chi connectivity index (χ0) is 97.8. The third kappa shape index (κ3) is 20.1. The molecule has 0 fully saturated rings. The Hall–Kier alpha value is -7.16. The summed E-state index contributed by atoms with van der Waals surface area (Å²) in [6.07, 6.45) is 38.0. The first-order chi connectivity index (χ1) is 69.6. The average molecular weight is 2440 g/mol. The van der Waals surface area contributed by atoms with Gasteiger partial charge in [0.1, 0.15) is 128 Å². The second-order valence-electron chi connectivity index (χ2n) is 40.1. The van der Waals surface area contributed by atoms with Crippen LogP contribution in [-0.4, -0.2) is 54.3 Å². The molecule has 0 N–H and O–H groups in total. The molecular formula is C118H130Br8O16. The van der Waals surface area contributed by atoms with Crippen LogP contribution in [0.5, 0.6) is 92.0 Å². The summed E-state index contributed by atoms with van der Waals surface area (Å²) in [6, 6.07) is 37.9. The van der Waals surface area contributed by atoms with Crippen LogP contribution in [0.15, 0.2) is 133 Å². The predicted molar refractivity (Wildman–Crippen MR) is 587 cm³/mol. The first-order valence-electron chi connectivity index (χ1n) is 52.8. The first-order valence-corrected chi connectivity index (χ1v) is 59.1. The van der Waals surface area contributed by atoms with E-state index in [0.717, 1.165) is 347 Å². The summed E-state index contributed by atoms with van der Waals surface area (Å²) in [5.41, 5.74) is 20.8. The quantitative estimate of drug-likeness (QED) is 0.0336. The van der Waals surface area contributed by atoms with Crippen molar-refractivity contribution in [3.8, 4) is 103 Å². The van der Waals surface area contributed by atoms with Crippen LogP contribution in [-0.2, 0) is 0 Å². The Morgan fingerprint density at radius 3 is 0.437 bits per heavy atom. The minimum Gasteiger partial charge on any atom is -0.456 e. The molecule has 16 bridgehead atoms. The van der Waals surface area contributed by atoms with Gasteiger partial charge in [-0.2, -0.15) is 0 Å². The van der Waals surface area contributed by atoms with E-state index in [1.54, 1.807) is 0 Å². The maximum absolute atomic E-state index is 7.19. The zero-order valence-corrected chi connectivity index (χ0v) is 95.2. The van der Waals surface area contributed by atoms with E-state index in [4.69, 9.17) is 75.8 Å². The third-order valence-corrected chi connectivity index (χ3v) is 37.0. The van der Waals surface area contributed by atoms with Gasteiger partial charge in [0, 0.05) is 136 Å². The van der Waals surface area contributed by atoms with Crippen molar-refractivity contribution in [2.24, 2.45) is 0 Å². The summed E-state index contributed by atoms with van der Waals surface area (Å²) in [4.78, 5) is 0. The van der Waals surface area contributed by atoms with Gasteiger partial charge in [0.15, 0.2) is 0 Å². The van der Waals surface area contributed by atoms with Gasteiger partial charge < -0.3 is 75.8 Å². The standard InChI is InChI=1S/C118H130Br8O16/c1-7-13-19-25-31-37-71-77-51-81-73(39-33-27-21-15-9-3)85-55-89-93(90-56-86-74(40-34-28-22-16-10-4)82-52-78(71)104-96(120)108(82)132-62-136-112(86)100(124)116(90)140-65-139-115(89)99(123)111(85)135-61-131-107(81)95(119)103(77)127-59-128-104)69-47-43-67(44-48-69)68-45-49-70(50-46-68)94-91-57-87-75(41-35-29-23-17-11-5)83-53-79-72(38-32-26-20-14-8-2)80-54-84-76(42-36-30-24-18-12-6)88-58-92(94)118-102(126)114(88)138-64-134-110(84)98(122)106(80)130-60-129-105(79)97(121)109(83)133-63-137-113(87)101(125)117(91)141-66-142-118/h43-58,71-76,93-94H,7-42,59-66H2,1-6H3. The normalized spacial score (nSPS) is 19.1. The third-order valence-electron chi connectivity index (χ3n) is 31.3. The highest BCUT2D eigenvalue weighted by Crippen LogP contribution is 2.66. The van der Waals surface area contributed by atoms with Gasteiger partial charge in [0.05, 0.1) is 0 Å². The van der Waals surface area contributed by atoms with E-state index in [1.165, 1.54) is 12.8 Å². The van der Waals surface area contributed by atoms with Crippen molar-refractivity contribution in [3.63, 3.8) is 0 Å². The van der Waals surface area contributed by atoms with Crippen LogP contribution in [0.2, 0.25) is 0 Å². The fourth-order valence-electron chi connectivity index (χ4n) is 24.1. The molecule has 10 aromatic rings. The Morgan fingerprint density at radius 2 is 0.296 bits per heavy atom. The molecule has 20 rings (SSSR count). The summed E-state index contributed by atoms with van der Waals surface area (Å²) >= 11 is 34.4. The van der Waals surface area contributed by atoms with Gasteiger partial charge in [0.25, 0.3) is 0 Å². The molecule has 0 spiro atoms. The second kappa shape index (κ2) is 46.7. The summed E-state index contributed by atoms with van der Waals surface area (Å²) in [7, 11) is 0. The van der Waals surface area contributed by atoms with Gasteiger partial charge >= 0.3 is 0 Å². The largest absolute Gasteiger partial charge is 0.456 e. The molecular weight excluding hydrogens is 2310 g/mol. The Kier molecular flexibility index (Phi) is 33.6. The number of benzene rings is 10. The van der Waals surface area contributed by atoms with Crippen LogP contribution in [0.25, 0.3) is 11.1 Å². The lowest BCUT2D eigenvalue weighted by Gasteiger charge is -2.36. The fraction of sp³-hybridized carbons (Fsp3) is 0.492. The molecule has 16 nitrogen and oxygen atoms in total. The highest BCUT2D eigenvalue weighted by molar-refractivity contribution is 9.12. The fourth-order valence-corrected chi connectivity index (χ4v) is 29.6. The smallest absolute Gasteiger partial charge is 0.231 e. The number of rotatable bonds is 39. The SMILES string of the molecule is CCCCCCCC1c2cc3c4c(Br)c2OCOc2c1cc1c(c2Br)OCOc2c(cc5c(c2Br)OCOc2c(cc(c(c2Br)OCO4)C3CCCCCCC)C5c2ccc(-c3ccc(C4c5cc6c7c(Br)c5OCOc5c4cc4c(c5Br)OCOc5c(cc8c(c5Br)OCOc5c(cc(c(c5Br)OCO7)C6CCCCCCC)C8CCCCCCC)C4CCCCCCC)cc3)cc2)C1CCCCCCC. The van der Waals surface area contributed by atoms with Crippen LogP contribution in [0.4, 0.5) is 0 Å².